The fraction of sp³-hybridized carbons (Fsp3) is 0. The predicted octanol–water partition coefficient (Wildman–Crippen LogP) is 2.39. The van der Waals surface area contributed by atoms with Gasteiger partial charge in [0.05, 0.1) is 12.3 Å². The Balaban J connectivity index is 1.95. The molecule has 3 aromatic heterocycles. The van der Waals surface area contributed by atoms with Crippen LogP contribution in [0.2, 0.25) is 0 Å². The smallest absolute Gasteiger partial charge is 0.400 e. The van der Waals surface area contributed by atoms with Gasteiger partial charge in [-0.25, -0.2) is 5.10 Å². The summed E-state index contributed by atoms with van der Waals surface area (Å²) in [7, 11) is 0. The Bertz CT molecular complexity index is 895. The average Bonchev–Trinajstić information content (AvgIpc) is 3.13. The van der Waals surface area contributed by atoms with E-state index in [2.05, 4.69) is 20.3 Å². The molecule has 0 fully saturated rings. The third-order valence-electron chi connectivity index (χ3n) is 2.68. The van der Waals surface area contributed by atoms with Crippen molar-refractivity contribution in [3.8, 4) is 11.4 Å². The number of aromatic amines is 1. The lowest BCUT2D eigenvalue weighted by atomic mass is 10.2. The van der Waals surface area contributed by atoms with Crippen molar-refractivity contribution in [2.75, 3.05) is 0 Å². The molecule has 22 heavy (non-hydrogen) atoms. The third-order valence-corrected chi connectivity index (χ3v) is 2.95. The van der Waals surface area contributed by atoms with Crippen molar-refractivity contribution >= 4 is 24.3 Å². The molecule has 0 atom stereocenters. The van der Waals surface area contributed by atoms with Gasteiger partial charge in [0.25, 0.3) is 0 Å². The van der Waals surface area contributed by atoms with Crippen LogP contribution in [0.1, 0.15) is 5.76 Å². The Morgan fingerprint density at radius 3 is 2.82 bits per heavy atom. The SMILES string of the molecule is O=[N+]([O-])c1ccc(/C=N/n2c(-c3ccncc3)n[nH]c2=S)o1. The number of H-pyrrole nitrogens is 1. The lowest BCUT2D eigenvalue weighted by Gasteiger charge is -1.99. The number of furan rings is 1. The molecule has 0 aliphatic rings. The maximum absolute atomic E-state index is 10.6. The topological polar surface area (TPSA) is 115 Å². The number of hydrogen-bond donors (Lipinski definition) is 1. The molecule has 0 unspecified atom stereocenters. The summed E-state index contributed by atoms with van der Waals surface area (Å²) in [6, 6.07) is 6.21. The van der Waals surface area contributed by atoms with Crippen LogP contribution in [-0.2, 0) is 0 Å². The van der Waals surface area contributed by atoms with Crippen molar-refractivity contribution in [1.29, 1.82) is 0 Å². The van der Waals surface area contributed by atoms with Crippen molar-refractivity contribution in [3.63, 3.8) is 0 Å². The molecule has 9 nitrogen and oxygen atoms in total. The van der Waals surface area contributed by atoms with Crippen LogP contribution in [0.15, 0.2) is 46.2 Å². The number of rotatable bonds is 4. The highest BCUT2D eigenvalue weighted by molar-refractivity contribution is 7.71. The molecule has 110 valence electrons. The zero-order valence-electron chi connectivity index (χ0n) is 10.9. The van der Waals surface area contributed by atoms with Gasteiger partial charge in [0.2, 0.25) is 4.77 Å². The molecule has 0 aliphatic carbocycles. The Morgan fingerprint density at radius 1 is 1.36 bits per heavy atom. The first-order chi connectivity index (χ1) is 10.6. The van der Waals surface area contributed by atoms with Crippen molar-refractivity contribution in [1.82, 2.24) is 19.9 Å². The molecule has 0 aromatic carbocycles. The quantitative estimate of drug-likeness (QED) is 0.342. The molecule has 0 saturated carbocycles. The highest BCUT2D eigenvalue weighted by atomic mass is 32.1. The maximum atomic E-state index is 10.6. The van der Waals surface area contributed by atoms with E-state index in [-0.39, 0.29) is 16.4 Å². The largest absolute Gasteiger partial charge is 0.433 e. The highest BCUT2D eigenvalue weighted by Crippen LogP contribution is 2.17. The summed E-state index contributed by atoms with van der Waals surface area (Å²) < 4.78 is 6.66. The molecule has 0 amide bonds. The Hall–Kier alpha value is -3.14. The second kappa shape index (κ2) is 5.69. The molecule has 1 N–H and O–H groups in total. The van der Waals surface area contributed by atoms with Gasteiger partial charge in [0.1, 0.15) is 4.92 Å². The van der Waals surface area contributed by atoms with Crippen molar-refractivity contribution in [2.24, 2.45) is 5.10 Å². The van der Waals surface area contributed by atoms with Gasteiger partial charge < -0.3 is 4.42 Å². The monoisotopic (exact) mass is 316 g/mol. The van der Waals surface area contributed by atoms with Crippen LogP contribution in [0.3, 0.4) is 0 Å². The lowest BCUT2D eigenvalue weighted by molar-refractivity contribution is -0.402. The van der Waals surface area contributed by atoms with E-state index in [0.29, 0.717) is 5.82 Å². The second-order valence-electron chi connectivity index (χ2n) is 4.08. The summed E-state index contributed by atoms with van der Waals surface area (Å²) >= 11 is 5.11. The van der Waals surface area contributed by atoms with Gasteiger partial charge in [-0.1, -0.05) is 0 Å². The van der Waals surface area contributed by atoms with Crippen LogP contribution in [0.4, 0.5) is 5.88 Å². The van der Waals surface area contributed by atoms with Crippen molar-refractivity contribution in [3.05, 3.63) is 57.3 Å². The Kier molecular flexibility index (Phi) is 3.58. The first-order valence-electron chi connectivity index (χ1n) is 6.01. The van der Waals surface area contributed by atoms with Crippen LogP contribution >= 0.6 is 12.2 Å². The fourth-order valence-corrected chi connectivity index (χ4v) is 1.89. The average molecular weight is 316 g/mol. The molecule has 0 aliphatic heterocycles. The normalized spacial score (nSPS) is 11.1. The molecule has 10 heteroatoms. The van der Waals surface area contributed by atoms with E-state index < -0.39 is 4.92 Å². The maximum Gasteiger partial charge on any atom is 0.433 e. The van der Waals surface area contributed by atoms with E-state index in [1.54, 1.807) is 24.5 Å². The van der Waals surface area contributed by atoms with E-state index in [1.807, 2.05) is 0 Å². The number of pyridine rings is 1. The highest BCUT2D eigenvalue weighted by Gasteiger charge is 2.11. The predicted molar refractivity (Wildman–Crippen MR) is 79.0 cm³/mol. The first kappa shape index (κ1) is 13.8. The minimum Gasteiger partial charge on any atom is -0.400 e. The van der Waals surface area contributed by atoms with Gasteiger partial charge >= 0.3 is 5.88 Å². The molecule has 3 aromatic rings. The summed E-state index contributed by atoms with van der Waals surface area (Å²) in [5, 5.41) is 21.4. The lowest BCUT2D eigenvalue weighted by Crippen LogP contribution is -1.94. The summed E-state index contributed by atoms with van der Waals surface area (Å²) in [4.78, 5) is 13.9. The van der Waals surface area contributed by atoms with Gasteiger partial charge in [-0.2, -0.15) is 14.9 Å². The molecule has 3 heterocycles. The summed E-state index contributed by atoms with van der Waals surface area (Å²) in [6.45, 7) is 0. The zero-order chi connectivity index (χ0) is 15.5. The van der Waals surface area contributed by atoms with E-state index in [9.17, 15) is 10.1 Å². The minimum absolute atomic E-state index is 0.232. The summed E-state index contributed by atoms with van der Waals surface area (Å²) in [6.07, 6.45) is 4.57. The number of nitrogens with one attached hydrogen (secondary N) is 1. The molecule has 0 bridgehead atoms. The number of hydrogen-bond acceptors (Lipinski definition) is 7. The third kappa shape index (κ3) is 2.67. The summed E-state index contributed by atoms with van der Waals surface area (Å²) in [5.41, 5.74) is 0.768. The number of nitro groups is 1. The number of nitrogens with zero attached hydrogens (tertiary/aromatic N) is 5. The minimum atomic E-state index is -0.622. The van der Waals surface area contributed by atoms with E-state index in [0.717, 1.165) is 5.56 Å². The molecular weight excluding hydrogens is 308 g/mol. The molecule has 3 rings (SSSR count). The van der Waals surface area contributed by atoms with Gasteiger partial charge in [-0.3, -0.25) is 15.1 Å². The zero-order valence-corrected chi connectivity index (χ0v) is 11.7. The summed E-state index contributed by atoms with van der Waals surface area (Å²) in [5.74, 6) is 0.367. The van der Waals surface area contributed by atoms with Crippen LogP contribution in [0.25, 0.3) is 11.4 Å². The van der Waals surface area contributed by atoms with E-state index >= 15 is 0 Å². The van der Waals surface area contributed by atoms with Crippen LogP contribution in [0, 0.1) is 14.9 Å². The van der Waals surface area contributed by atoms with Gasteiger partial charge in [-0.05, 0) is 30.4 Å². The van der Waals surface area contributed by atoms with Crippen molar-refractivity contribution in [2.45, 2.75) is 0 Å². The van der Waals surface area contributed by atoms with Crippen LogP contribution < -0.4 is 0 Å². The number of aromatic nitrogens is 4. The van der Waals surface area contributed by atoms with Crippen LogP contribution in [-0.4, -0.2) is 31.0 Å². The van der Waals surface area contributed by atoms with Gasteiger partial charge in [0.15, 0.2) is 11.6 Å². The molecule has 0 spiro atoms. The standard InChI is InChI=1S/C12H8N6O3S/c19-18(20)10-2-1-9(21-10)7-14-17-11(15-16-12(17)22)8-3-5-13-6-4-8/h1-7H,(H,16,22)/b14-7+. The van der Waals surface area contributed by atoms with Crippen molar-refractivity contribution < 1.29 is 9.34 Å². The van der Waals surface area contributed by atoms with Gasteiger partial charge in [-0.15, -0.1) is 0 Å². The first-order valence-corrected chi connectivity index (χ1v) is 6.42. The fourth-order valence-electron chi connectivity index (χ4n) is 1.71. The van der Waals surface area contributed by atoms with Gasteiger partial charge in [0, 0.05) is 18.0 Å². The second-order valence-corrected chi connectivity index (χ2v) is 4.46. The van der Waals surface area contributed by atoms with Crippen LogP contribution in [0.5, 0.6) is 0 Å². The Morgan fingerprint density at radius 2 is 2.14 bits per heavy atom. The molecule has 0 saturated heterocycles. The molecule has 0 radical (unpaired) electrons. The van der Waals surface area contributed by atoms with E-state index in [4.69, 9.17) is 16.6 Å². The molecular formula is C12H8N6O3S. The van der Waals surface area contributed by atoms with E-state index in [1.165, 1.54) is 23.0 Å². The Labute approximate surface area is 128 Å².